The fraction of sp³-hybridized carbons (Fsp3) is 0. The van der Waals surface area contributed by atoms with Crippen LogP contribution in [0.4, 0.5) is 28.4 Å². The van der Waals surface area contributed by atoms with Crippen molar-refractivity contribution in [1.82, 2.24) is 0 Å². The molecule has 0 atom stereocenters. The smallest absolute Gasteiger partial charge is 0.180 e. The number of nitrogens with zero attached hydrogens (tertiary/aromatic N) is 1. The van der Waals surface area contributed by atoms with Gasteiger partial charge in [0, 0.05) is 83.3 Å². The maximum Gasteiger partial charge on any atom is 0.180 e. The molecule has 1 N–H and O–H groups in total. The van der Waals surface area contributed by atoms with Gasteiger partial charge >= 0.3 is 0 Å². The van der Waals surface area contributed by atoms with Crippen LogP contribution in [0.1, 0.15) is 0 Å². The van der Waals surface area contributed by atoms with Crippen molar-refractivity contribution in [2.45, 2.75) is 0 Å². The maximum atomic E-state index is 6.80. The summed E-state index contributed by atoms with van der Waals surface area (Å²) < 4.78 is 6.41. The quantitative estimate of drug-likeness (QED) is 0.145. The predicted molar refractivity (Wildman–Crippen MR) is 412 cm³/mol. The molecule has 16 aromatic rings. The normalized spacial score (nSPS) is 12.8. The van der Waals surface area contributed by atoms with Crippen LogP contribution in [-0.2, 0) is 0 Å². The van der Waals surface area contributed by atoms with Gasteiger partial charge in [-0.2, -0.15) is 0 Å². The molecule has 2 aliphatic rings. The van der Waals surface area contributed by atoms with Gasteiger partial charge in [0.15, 0.2) is 16.1 Å². The Labute approximate surface area is 570 Å². The van der Waals surface area contributed by atoms with Crippen LogP contribution < -0.4 is 51.7 Å². The van der Waals surface area contributed by atoms with Gasteiger partial charge in [0.2, 0.25) is 0 Å². The van der Waals surface area contributed by atoms with Crippen molar-refractivity contribution < 1.29 is 0 Å². The Morgan fingerprint density at radius 2 is 0.677 bits per heavy atom. The third kappa shape index (κ3) is 10.5. The zero-order valence-corrected chi connectivity index (χ0v) is 57.0. The number of para-hydroxylation sites is 2. The van der Waals surface area contributed by atoms with E-state index in [2.05, 4.69) is 336 Å². The molecule has 14 aromatic carbocycles. The molecular formula is C84H57BrCl2N2S2Si2. The fourth-order valence-corrected chi connectivity index (χ4v) is 27.8. The van der Waals surface area contributed by atoms with E-state index in [4.69, 9.17) is 23.2 Å². The molecule has 9 heteroatoms. The topological polar surface area (TPSA) is 15.3 Å². The van der Waals surface area contributed by atoms with Gasteiger partial charge in [0.05, 0.1) is 0 Å². The van der Waals surface area contributed by atoms with Gasteiger partial charge in [-0.3, -0.25) is 0 Å². The first-order chi connectivity index (χ1) is 45.8. The Bertz CT molecular complexity index is 5340. The van der Waals surface area contributed by atoms with E-state index in [9.17, 15) is 0 Å². The first kappa shape index (κ1) is 58.7. The molecular weight excluding hydrogens is 1310 g/mol. The lowest BCUT2D eigenvalue weighted by Gasteiger charge is -2.32. The summed E-state index contributed by atoms with van der Waals surface area (Å²) >= 11 is 20.7. The molecule has 18 rings (SSSR count). The zero-order chi connectivity index (χ0) is 62.5. The number of anilines is 5. The van der Waals surface area contributed by atoms with E-state index in [1.54, 1.807) is 0 Å². The molecule has 0 spiro atoms. The summed E-state index contributed by atoms with van der Waals surface area (Å²) in [5.41, 5.74) is 10.8. The largest absolute Gasteiger partial charge is 0.356 e. The Kier molecular flexibility index (Phi) is 15.7. The van der Waals surface area contributed by atoms with Crippen LogP contribution >= 0.6 is 61.8 Å². The van der Waals surface area contributed by atoms with Gasteiger partial charge in [-0.25, -0.2) is 0 Å². The summed E-state index contributed by atoms with van der Waals surface area (Å²) in [6.45, 7) is 0. The highest BCUT2D eigenvalue weighted by atomic mass is 79.9. The lowest BCUT2D eigenvalue weighted by molar-refractivity contribution is 1.29. The second-order valence-corrected chi connectivity index (χ2v) is 34.9. The molecule has 0 fully saturated rings. The maximum absolute atomic E-state index is 6.80. The Balaban J connectivity index is 0.000000123. The number of hydrogen-bond donors (Lipinski definition) is 1. The summed E-state index contributed by atoms with van der Waals surface area (Å²) in [5, 5.41) is 21.4. The molecule has 2 aliphatic heterocycles. The predicted octanol–water partition coefficient (Wildman–Crippen LogP) is 19.8. The monoisotopic (exact) mass is 1360 g/mol. The van der Waals surface area contributed by atoms with E-state index in [0.29, 0.717) is 0 Å². The molecule has 0 bridgehead atoms. The van der Waals surface area contributed by atoms with Gasteiger partial charge in [0.1, 0.15) is 0 Å². The van der Waals surface area contributed by atoms with Crippen LogP contribution in [0.3, 0.4) is 0 Å². The van der Waals surface area contributed by atoms with E-state index in [1.165, 1.54) is 104 Å². The van der Waals surface area contributed by atoms with Gasteiger partial charge in [-0.15, -0.1) is 22.7 Å². The molecule has 0 saturated carbocycles. The standard InChI is InChI=1S/C42H28ClNSSi.C24H16BrClSi.C18H13NS/c43-29-20-23-36-38-28-32(22-25-41(38)46(42(36)26-29,33-14-6-2-7-15-33)34-16-8-3-9-17-34)44(30-12-4-1-5-13-30)31-21-24-40-37(27-31)35-18-10-11-19-39(35)45-40;25-17-11-14-23-22(15-17)21-13-12-18(26)16-24(21)27(23,19-7-3-1-4-8-19)20-9-5-2-6-10-20;1-2-6-13(7-3-1)19-14-10-11-18-16(12-14)15-8-4-5-9-17(15)20-18/h1-28H;1-16H;1-12,19H. The van der Waals surface area contributed by atoms with E-state index in [-0.39, 0.29) is 0 Å². The van der Waals surface area contributed by atoms with Crippen molar-refractivity contribution in [3.63, 3.8) is 0 Å². The van der Waals surface area contributed by atoms with Crippen LogP contribution in [0.2, 0.25) is 10.0 Å². The number of halogens is 3. The molecule has 93 heavy (non-hydrogen) atoms. The van der Waals surface area contributed by atoms with Crippen LogP contribution in [0.5, 0.6) is 0 Å². The molecule has 0 amide bonds. The van der Waals surface area contributed by atoms with E-state index < -0.39 is 16.1 Å². The second kappa shape index (κ2) is 24.9. The molecule has 0 radical (unpaired) electrons. The first-order valence-electron chi connectivity index (χ1n) is 31.1. The van der Waals surface area contributed by atoms with Crippen LogP contribution in [0, 0.1) is 0 Å². The number of fused-ring (bicyclic) bond motifs is 12. The Morgan fingerprint density at radius 1 is 0.280 bits per heavy atom. The average molecular weight is 1370 g/mol. The molecule has 4 heterocycles. The second-order valence-electron chi connectivity index (χ2n) is 23.5. The van der Waals surface area contributed by atoms with Crippen LogP contribution in [0.25, 0.3) is 62.6 Å². The molecule has 0 aliphatic carbocycles. The SMILES string of the molecule is Clc1ccc2c(c1)[Si](c1ccccc1)(c1ccccc1)c1ccc(Br)cc1-2.Clc1ccc2c(c1)[Si](c1ccccc1)(c1ccccc1)c1ccc(N(c3ccccc3)c3ccc4sc5ccccc5c4c3)cc1-2.c1ccc(Nc2ccc3sc4ccccc4c3c2)cc1. The van der Waals surface area contributed by atoms with Crippen LogP contribution in [-0.4, -0.2) is 16.1 Å². The first-order valence-corrected chi connectivity index (χ1v) is 38.3. The van der Waals surface area contributed by atoms with Crippen LogP contribution in [0.15, 0.2) is 344 Å². The van der Waals surface area contributed by atoms with Crippen molar-refractivity contribution in [3.8, 4) is 22.3 Å². The van der Waals surface area contributed by atoms with Crippen molar-refractivity contribution in [3.05, 3.63) is 354 Å². The number of nitrogens with one attached hydrogen (secondary N) is 1. The minimum absolute atomic E-state index is 0.776. The highest BCUT2D eigenvalue weighted by Gasteiger charge is 2.50. The zero-order valence-electron chi connectivity index (χ0n) is 50.2. The fourth-order valence-electron chi connectivity index (χ4n) is 14.4. The molecule has 2 nitrogen and oxygen atoms in total. The highest BCUT2D eigenvalue weighted by Crippen LogP contribution is 2.43. The van der Waals surface area contributed by atoms with Crippen molar-refractivity contribution >= 4 is 188 Å². The van der Waals surface area contributed by atoms with E-state index in [0.717, 1.165) is 43.0 Å². The van der Waals surface area contributed by atoms with Gasteiger partial charge < -0.3 is 10.2 Å². The summed E-state index contributed by atoms with van der Waals surface area (Å²) in [5.74, 6) is 0. The number of benzene rings is 14. The Hall–Kier alpha value is -9.39. The highest BCUT2D eigenvalue weighted by molar-refractivity contribution is 9.10. The average Bonchev–Trinajstić information content (AvgIpc) is 1.55. The minimum atomic E-state index is -2.63. The van der Waals surface area contributed by atoms with E-state index >= 15 is 0 Å². The molecule has 444 valence electrons. The van der Waals surface area contributed by atoms with E-state index in [1.807, 2.05) is 53.0 Å². The summed E-state index contributed by atoms with van der Waals surface area (Å²) in [7, 11) is -5.02. The number of rotatable bonds is 9. The van der Waals surface area contributed by atoms with Gasteiger partial charge in [0.25, 0.3) is 0 Å². The van der Waals surface area contributed by atoms with Gasteiger partial charge in [-0.05, 0) is 185 Å². The third-order valence-electron chi connectivity index (χ3n) is 18.3. The number of hydrogen-bond acceptors (Lipinski definition) is 4. The van der Waals surface area contributed by atoms with Gasteiger partial charge in [-0.1, -0.05) is 258 Å². The van der Waals surface area contributed by atoms with Crippen molar-refractivity contribution in [1.29, 1.82) is 0 Å². The summed E-state index contributed by atoms with van der Waals surface area (Å²) in [6.07, 6.45) is 0. The number of thiophene rings is 2. The molecule has 2 aromatic heterocycles. The third-order valence-corrected chi connectivity index (χ3v) is 31.3. The van der Waals surface area contributed by atoms with Crippen molar-refractivity contribution in [2.75, 3.05) is 10.2 Å². The lowest BCUT2D eigenvalue weighted by Crippen LogP contribution is -2.72. The molecule has 0 saturated heterocycles. The lowest BCUT2D eigenvalue weighted by atomic mass is 10.0. The van der Waals surface area contributed by atoms with Crippen molar-refractivity contribution in [2.24, 2.45) is 0 Å². The molecule has 0 unspecified atom stereocenters. The summed E-state index contributed by atoms with van der Waals surface area (Å²) in [6, 6.07) is 123. The minimum Gasteiger partial charge on any atom is -0.356 e. The summed E-state index contributed by atoms with van der Waals surface area (Å²) in [4.78, 5) is 2.40. The Morgan fingerprint density at radius 3 is 1.19 bits per heavy atom.